The Bertz CT molecular complexity index is 542. The number of likely N-dealkylation sites (tertiary alicyclic amines) is 1. The number of rotatable bonds is 4. The Morgan fingerprint density at radius 2 is 2.13 bits per heavy atom. The number of carbonyl (C=O) groups excluding carboxylic acids is 1. The molecular weight excluding hydrogens is 292 g/mol. The minimum atomic E-state index is -0.457. The van der Waals surface area contributed by atoms with Crippen molar-refractivity contribution in [3.63, 3.8) is 0 Å². The highest BCUT2D eigenvalue weighted by atomic mass is 16.6. The summed E-state index contributed by atoms with van der Waals surface area (Å²) in [4.78, 5) is 22.8. The minimum Gasteiger partial charge on any atom is -0.444 e. The van der Waals surface area contributed by atoms with Crippen molar-refractivity contribution in [3.8, 4) is 0 Å². The first-order valence-electron chi connectivity index (χ1n) is 8.28. The smallest absolute Gasteiger partial charge is 0.410 e. The fraction of sp³-hybridized carbons (Fsp3) is 0.706. The lowest BCUT2D eigenvalue weighted by atomic mass is 10.1. The summed E-state index contributed by atoms with van der Waals surface area (Å²) in [7, 11) is 0. The first-order valence-corrected chi connectivity index (χ1v) is 8.28. The van der Waals surface area contributed by atoms with Crippen LogP contribution in [0, 0.1) is 6.92 Å². The van der Waals surface area contributed by atoms with Crippen LogP contribution in [0.1, 0.15) is 58.0 Å². The van der Waals surface area contributed by atoms with E-state index in [1.54, 1.807) is 12.4 Å². The molecule has 1 aromatic heterocycles. The Morgan fingerprint density at radius 3 is 2.78 bits per heavy atom. The second-order valence-corrected chi connectivity index (χ2v) is 7.13. The molecule has 23 heavy (non-hydrogen) atoms. The Hall–Kier alpha value is -1.69. The molecule has 1 saturated heterocycles. The second kappa shape index (κ2) is 7.25. The molecule has 0 bridgehead atoms. The van der Waals surface area contributed by atoms with Crippen LogP contribution in [0.15, 0.2) is 12.4 Å². The Balaban J connectivity index is 1.92. The molecule has 2 atom stereocenters. The lowest BCUT2D eigenvalue weighted by molar-refractivity contribution is 0.0225. The van der Waals surface area contributed by atoms with E-state index in [1.165, 1.54) is 0 Å². The molecule has 1 aliphatic heterocycles. The molecule has 2 rings (SSSR count). The summed E-state index contributed by atoms with van der Waals surface area (Å²) >= 11 is 0. The number of carbonyl (C=O) groups is 1. The molecule has 1 fully saturated rings. The SMILES string of the molecule is Cc1nccnc1C(C)NCC1CCCN1C(=O)OC(C)(C)C. The number of amides is 1. The zero-order valence-corrected chi connectivity index (χ0v) is 14.8. The van der Waals surface area contributed by atoms with Gasteiger partial charge in [-0.1, -0.05) is 0 Å². The van der Waals surface area contributed by atoms with E-state index < -0.39 is 5.60 Å². The summed E-state index contributed by atoms with van der Waals surface area (Å²) in [5.74, 6) is 0. The van der Waals surface area contributed by atoms with Crippen molar-refractivity contribution in [3.05, 3.63) is 23.8 Å². The predicted octanol–water partition coefficient (Wildman–Crippen LogP) is 2.84. The van der Waals surface area contributed by atoms with Crippen LogP contribution in [-0.2, 0) is 4.74 Å². The van der Waals surface area contributed by atoms with E-state index in [9.17, 15) is 4.79 Å². The fourth-order valence-electron chi connectivity index (χ4n) is 2.86. The van der Waals surface area contributed by atoms with Gasteiger partial charge in [-0.05, 0) is 47.5 Å². The molecule has 0 aromatic carbocycles. The highest BCUT2D eigenvalue weighted by Gasteiger charge is 2.32. The van der Waals surface area contributed by atoms with Gasteiger partial charge >= 0.3 is 6.09 Å². The van der Waals surface area contributed by atoms with Gasteiger partial charge in [-0.2, -0.15) is 0 Å². The number of ether oxygens (including phenoxy) is 1. The van der Waals surface area contributed by atoms with Crippen molar-refractivity contribution in [1.29, 1.82) is 0 Å². The highest BCUT2D eigenvalue weighted by Crippen LogP contribution is 2.21. The average Bonchev–Trinajstić information content (AvgIpc) is 2.92. The van der Waals surface area contributed by atoms with Gasteiger partial charge < -0.3 is 15.0 Å². The molecule has 1 aromatic rings. The Morgan fingerprint density at radius 1 is 1.43 bits per heavy atom. The van der Waals surface area contributed by atoms with Gasteiger partial charge in [0.05, 0.1) is 11.4 Å². The van der Waals surface area contributed by atoms with E-state index in [0.29, 0.717) is 0 Å². The number of hydrogen-bond donors (Lipinski definition) is 1. The van der Waals surface area contributed by atoms with Crippen LogP contribution < -0.4 is 5.32 Å². The monoisotopic (exact) mass is 320 g/mol. The quantitative estimate of drug-likeness (QED) is 0.924. The number of aromatic nitrogens is 2. The first kappa shape index (κ1) is 17.7. The lowest BCUT2D eigenvalue weighted by Gasteiger charge is -2.29. The zero-order chi connectivity index (χ0) is 17.0. The summed E-state index contributed by atoms with van der Waals surface area (Å²) in [5, 5.41) is 3.48. The van der Waals surface area contributed by atoms with Crippen LogP contribution in [0.3, 0.4) is 0 Å². The van der Waals surface area contributed by atoms with Gasteiger partial charge in [0.25, 0.3) is 0 Å². The number of hydrogen-bond acceptors (Lipinski definition) is 5. The van der Waals surface area contributed by atoms with E-state index in [2.05, 4.69) is 22.2 Å². The van der Waals surface area contributed by atoms with Crippen LogP contribution >= 0.6 is 0 Å². The van der Waals surface area contributed by atoms with Gasteiger partial charge in [0.15, 0.2) is 0 Å². The molecule has 0 aliphatic carbocycles. The topological polar surface area (TPSA) is 67.4 Å². The maximum absolute atomic E-state index is 12.3. The number of nitrogens with zero attached hydrogens (tertiary/aromatic N) is 3. The summed E-state index contributed by atoms with van der Waals surface area (Å²) in [6, 6.07) is 0.272. The number of aryl methyl sites for hydroxylation is 1. The van der Waals surface area contributed by atoms with E-state index in [-0.39, 0.29) is 18.2 Å². The van der Waals surface area contributed by atoms with Crippen molar-refractivity contribution in [2.75, 3.05) is 13.1 Å². The van der Waals surface area contributed by atoms with Gasteiger partial charge in [-0.3, -0.25) is 9.97 Å². The summed E-state index contributed by atoms with van der Waals surface area (Å²) in [6.07, 6.45) is 5.21. The van der Waals surface area contributed by atoms with Crippen molar-refractivity contribution < 1.29 is 9.53 Å². The molecule has 0 spiro atoms. The van der Waals surface area contributed by atoms with Crippen LogP contribution in [0.2, 0.25) is 0 Å². The summed E-state index contributed by atoms with van der Waals surface area (Å²) in [6.45, 7) is 11.2. The molecule has 1 N–H and O–H groups in total. The Labute approximate surface area is 138 Å². The molecule has 1 aliphatic rings. The molecule has 0 radical (unpaired) electrons. The van der Waals surface area contributed by atoms with Gasteiger partial charge in [0, 0.05) is 37.6 Å². The van der Waals surface area contributed by atoms with Crippen LogP contribution in [0.25, 0.3) is 0 Å². The normalized spacial score (nSPS) is 19.7. The maximum Gasteiger partial charge on any atom is 0.410 e. The van der Waals surface area contributed by atoms with Crippen LogP contribution in [0.4, 0.5) is 4.79 Å². The number of nitrogens with one attached hydrogen (secondary N) is 1. The van der Waals surface area contributed by atoms with E-state index in [0.717, 1.165) is 37.3 Å². The molecule has 6 nitrogen and oxygen atoms in total. The van der Waals surface area contributed by atoms with Crippen LogP contribution in [-0.4, -0.2) is 45.7 Å². The predicted molar refractivity (Wildman–Crippen MR) is 89.1 cm³/mol. The molecular formula is C17H28N4O2. The third-order valence-electron chi connectivity index (χ3n) is 3.99. The zero-order valence-electron chi connectivity index (χ0n) is 14.8. The largest absolute Gasteiger partial charge is 0.444 e. The van der Waals surface area contributed by atoms with Crippen molar-refractivity contribution in [2.24, 2.45) is 0 Å². The molecule has 6 heteroatoms. The molecule has 128 valence electrons. The van der Waals surface area contributed by atoms with Crippen molar-refractivity contribution in [2.45, 2.75) is 65.1 Å². The van der Waals surface area contributed by atoms with Gasteiger partial charge in [-0.15, -0.1) is 0 Å². The molecule has 2 heterocycles. The van der Waals surface area contributed by atoms with Gasteiger partial charge in [-0.25, -0.2) is 4.79 Å². The molecule has 1 amide bonds. The third kappa shape index (κ3) is 4.89. The third-order valence-corrected chi connectivity index (χ3v) is 3.99. The maximum atomic E-state index is 12.3. The molecule has 0 saturated carbocycles. The molecule has 2 unspecified atom stereocenters. The highest BCUT2D eigenvalue weighted by molar-refractivity contribution is 5.69. The standard InChI is InChI=1S/C17H28N4O2/c1-12-15(19-9-8-18-12)13(2)20-11-14-7-6-10-21(14)16(22)23-17(3,4)5/h8-9,13-14,20H,6-7,10-11H2,1-5H3. The van der Waals surface area contributed by atoms with E-state index >= 15 is 0 Å². The fourth-order valence-corrected chi connectivity index (χ4v) is 2.86. The second-order valence-electron chi connectivity index (χ2n) is 7.13. The van der Waals surface area contributed by atoms with E-state index in [4.69, 9.17) is 4.74 Å². The summed E-state index contributed by atoms with van der Waals surface area (Å²) in [5.41, 5.74) is 1.43. The van der Waals surface area contributed by atoms with Crippen molar-refractivity contribution >= 4 is 6.09 Å². The first-order chi connectivity index (χ1) is 10.8. The van der Waals surface area contributed by atoms with E-state index in [1.807, 2.05) is 32.6 Å². The van der Waals surface area contributed by atoms with Crippen LogP contribution in [0.5, 0.6) is 0 Å². The summed E-state index contributed by atoms with van der Waals surface area (Å²) < 4.78 is 5.50. The average molecular weight is 320 g/mol. The van der Waals surface area contributed by atoms with Crippen molar-refractivity contribution in [1.82, 2.24) is 20.2 Å². The minimum absolute atomic E-state index is 0.102. The Kier molecular flexibility index (Phi) is 5.57. The van der Waals surface area contributed by atoms with Gasteiger partial charge in [0.2, 0.25) is 0 Å². The van der Waals surface area contributed by atoms with Gasteiger partial charge in [0.1, 0.15) is 5.60 Å². The lowest BCUT2D eigenvalue weighted by Crippen LogP contribution is -2.44.